The van der Waals surface area contributed by atoms with E-state index in [1.54, 1.807) is 26.0 Å². The second-order valence-electron chi connectivity index (χ2n) is 4.31. The Morgan fingerprint density at radius 3 is 2.48 bits per heavy atom. The van der Waals surface area contributed by atoms with E-state index in [1.165, 1.54) is 23.0 Å². The Kier molecular flexibility index (Phi) is 4.10. The van der Waals surface area contributed by atoms with Gasteiger partial charge in [0.1, 0.15) is 5.56 Å². The van der Waals surface area contributed by atoms with Crippen molar-refractivity contribution >= 4 is 16.0 Å². The summed E-state index contributed by atoms with van der Waals surface area (Å²) in [6.07, 6.45) is 1.42. The topological polar surface area (TPSA) is 104 Å². The molecule has 2 aromatic rings. The van der Waals surface area contributed by atoms with Gasteiger partial charge >= 0.3 is 5.97 Å². The molecule has 0 bridgehead atoms. The van der Waals surface area contributed by atoms with Crippen LogP contribution in [-0.2, 0) is 14.8 Å². The van der Waals surface area contributed by atoms with Gasteiger partial charge in [-0.1, -0.05) is 0 Å². The molecular weight excluding hydrogens is 294 g/mol. The van der Waals surface area contributed by atoms with Crippen molar-refractivity contribution in [3.05, 3.63) is 41.7 Å². The van der Waals surface area contributed by atoms with Gasteiger partial charge in [-0.25, -0.2) is 23.0 Å². The van der Waals surface area contributed by atoms with Gasteiger partial charge in [-0.05, 0) is 38.1 Å². The fraction of sp³-hybridized carbons (Fsp3) is 0.231. The molecule has 0 fully saturated rings. The van der Waals surface area contributed by atoms with E-state index in [2.05, 4.69) is 5.10 Å². The number of primary sulfonamides is 1. The molecule has 21 heavy (non-hydrogen) atoms. The molecule has 2 rings (SSSR count). The third-order valence-corrected chi connectivity index (χ3v) is 3.84. The summed E-state index contributed by atoms with van der Waals surface area (Å²) >= 11 is 0. The average molecular weight is 309 g/mol. The summed E-state index contributed by atoms with van der Waals surface area (Å²) in [4.78, 5) is 11.7. The maximum absolute atomic E-state index is 11.7. The van der Waals surface area contributed by atoms with E-state index >= 15 is 0 Å². The van der Waals surface area contributed by atoms with Gasteiger partial charge in [-0.2, -0.15) is 5.10 Å². The van der Waals surface area contributed by atoms with Crippen LogP contribution in [-0.4, -0.2) is 30.8 Å². The number of nitrogens with zero attached hydrogens (tertiary/aromatic N) is 2. The Morgan fingerprint density at radius 2 is 1.95 bits per heavy atom. The second kappa shape index (κ2) is 5.66. The average Bonchev–Trinajstić information content (AvgIpc) is 2.80. The Hall–Kier alpha value is -2.19. The van der Waals surface area contributed by atoms with Gasteiger partial charge in [0, 0.05) is 0 Å². The minimum absolute atomic E-state index is 0.0154. The van der Waals surface area contributed by atoms with Crippen molar-refractivity contribution < 1.29 is 17.9 Å². The van der Waals surface area contributed by atoms with E-state index in [-0.39, 0.29) is 11.5 Å². The van der Waals surface area contributed by atoms with Crippen molar-refractivity contribution in [2.24, 2.45) is 5.14 Å². The maximum Gasteiger partial charge on any atom is 0.341 e. The monoisotopic (exact) mass is 309 g/mol. The molecule has 0 spiro atoms. The summed E-state index contributed by atoms with van der Waals surface area (Å²) in [5.41, 5.74) is 1.60. The zero-order chi connectivity index (χ0) is 15.6. The number of nitrogens with two attached hydrogens (primary N) is 1. The number of carbonyl (C=O) groups excluding carboxylic acids is 1. The highest BCUT2D eigenvalue weighted by atomic mass is 32.2. The van der Waals surface area contributed by atoms with Crippen molar-refractivity contribution in [3.8, 4) is 5.69 Å². The third kappa shape index (κ3) is 3.11. The lowest BCUT2D eigenvalue weighted by molar-refractivity contribution is 0.0525. The summed E-state index contributed by atoms with van der Waals surface area (Å²) in [6, 6.07) is 5.90. The minimum Gasteiger partial charge on any atom is -0.462 e. The maximum atomic E-state index is 11.7. The molecule has 1 heterocycles. The fourth-order valence-electron chi connectivity index (χ4n) is 1.86. The Morgan fingerprint density at radius 1 is 1.33 bits per heavy atom. The highest BCUT2D eigenvalue weighted by molar-refractivity contribution is 7.89. The number of aromatic nitrogens is 2. The molecule has 2 N–H and O–H groups in total. The number of hydrogen-bond acceptors (Lipinski definition) is 5. The van der Waals surface area contributed by atoms with Crippen LogP contribution < -0.4 is 5.14 Å². The van der Waals surface area contributed by atoms with Gasteiger partial charge in [-0.15, -0.1) is 0 Å². The number of hydrogen-bond donors (Lipinski definition) is 1. The highest BCUT2D eigenvalue weighted by Crippen LogP contribution is 2.17. The largest absolute Gasteiger partial charge is 0.462 e. The summed E-state index contributed by atoms with van der Waals surface area (Å²) in [5, 5.41) is 9.16. The Labute approximate surface area is 122 Å². The van der Waals surface area contributed by atoms with Crippen molar-refractivity contribution in [1.82, 2.24) is 9.78 Å². The molecule has 7 nitrogen and oxygen atoms in total. The van der Waals surface area contributed by atoms with Gasteiger partial charge in [0.2, 0.25) is 10.0 Å². The molecular formula is C13H15N3O4S. The van der Waals surface area contributed by atoms with Crippen LogP contribution >= 0.6 is 0 Å². The molecule has 0 radical (unpaired) electrons. The van der Waals surface area contributed by atoms with Crippen molar-refractivity contribution in [3.63, 3.8) is 0 Å². The highest BCUT2D eigenvalue weighted by Gasteiger charge is 2.16. The molecule has 0 atom stereocenters. The lowest BCUT2D eigenvalue weighted by Gasteiger charge is -2.06. The first-order valence-electron chi connectivity index (χ1n) is 6.19. The Bertz CT molecular complexity index is 763. The van der Waals surface area contributed by atoms with Gasteiger partial charge in [0.05, 0.1) is 29.1 Å². The summed E-state index contributed by atoms with van der Waals surface area (Å²) in [7, 11) is -3.73. The number of ether oxygens (including phenoxy) is 1. The van der Waals surface area contributed by atoms with Crippen molar-refractivity contribution in [2.45, 2.75) is 18.7 Å². The molecule has 1 aromatic carbocycles. The number of benzene rings is 1. The number of sulfonamides is 1. The van der Waals surface area contributed by atoms with Crippen LogP contribution in [0.15, 0.2) is 35.4 Å². The first-order valence-corrected chi connectivity index (χ1v) is 7.74. The third-order valence-electron chi connectivity index (χ3n) is 2.91. The van der Waals surface area contributed by atoms with Crippen LogP contribution in [0.25, 0.3) is 5.69 Å². The lowest BCUT2D eigenvalue weighted by Crippen LogP contribution is -2.12. The van der Waals surface area contributed by atoms with Crippen LogP contribution in [0, 0.1) is 6.92 Å². The molecule has 0 aliphatic carbocycles. The number of esters is 1. The standard InChI is InChI=1S/C13H15N3O4S/c1-3-20-13(17)12-8-15-16(9(12)2)10-4-6-11(7-5-10)21(14,18)19/h4-8H,3H2,1-2H3,(H2,14,18,19). The smallest absolute Gasteiger partial charge is 0.341 e. The van der Waals surface area contributed by atoms with Crippen LogP contribution in [0.2, 0.25) is 0 Å². The van der Waals surface area contributed by atoms with E-state index in [4.69, 9.17) is 9.88 Å². The molecule has 0 saturated carbocycles. The summed E-state index contributed by atoms with van der Waals surface area (Å²) in [6.45, 7) is 3.74. The van der Waals surface area contributed by atoms with E-state index in [1.807, 2.05) is 0 Å². The molecule has 0 amide bonds. The second-order valence-corrected chi connectivity index (χ2v) is 5.88. The first kappa shape index (κ1) is 15.2. The molecule has 0 saturated heterocycles. The molecule has 8 heteroatoms. The first-order chi connectivity index (χ1) is 9.84. The summed E-state index contributed by atoms with van der Waals surface area (Å²) in [5.74, 6) is -0.442. The van der Waals surface area contributed by atoms with E-state index in [0.29, 0.717) is 16.9 Å². The molecule has 0 unspecified atom stereocenters. The predicted octanol–water partition coefficient (Wildman–Crippen LogP) is 1.00. The van der Waals surface area contributed by atoms with Crippen LogP contribution in [0.4, 0.5) is 0 Å². The normalized spacial score (nSPS) is 11.4. The number of carbonyl (C=O) groups is 1. The van der Waals surface area contributed by atoms with Gasteiger partial charge < -0.3 is 4.74 Å². The van der Waals surface area contributed by atoms with Gasteiger partial charge in [0.15, 0.2) is 0 Å². The van der Waals surface area contributed by atoms with E-state index in [9.17, 15) is 13.2 Å². The zero-order valence-electron chi connectivity index (χ0n) is 11.6. The van der Waals surface area contributed by atoms with Crippen LogP contribution in [0.3, 0.4) is 0 Å². The molecule has 1 aromatic heterocycles. The summed E-state index contributed by atoms with van der Waals surface area (Å²) < 4.78 is 28.9. The van der Waals surface area contributed by atoms with Gasteiger partial charge in [-0.3, -0.25) is 0 Å². The lowest BCUT2D eigenvalue weighted by atomic mass is 10.2. The van der Waals surface area contributed by atoms with E-state index < -0.39 is 16.0 Å². The molecule has 112 valence electrons. The van der Waals surface area contributed by atoms with Crippen LogP contribution in [0.5, 0.6) is 0 Å². The van der Waals surface area contributed by atoms with Crippen LogP contribution in [0.1, 0.15) is 23.0 Å². The predicted molar refractivity (Wildman–Crippen MR) is 75.6 cm³/mol. The van der Waals surface area contributed by atoms with Gasteiger partial charge in [0.25, 0.3) is 0 Å². The SMILES string of the molecule is CCOC(=O)c1cnn(-c2ccc(S(N)(=O)=O)cc2)c1C. The van der Waals surface area contributed by atoms with E-state index in [0.717, 1.165) is 0 Å². The fourth-order valence-corrected chi connectivity index (χ4v) is 2.37. The minimum atomic E-state index is -3.73. The molecule has 0 aliphatic rings. The zero-order valence-corrected chi connectivity index (χ0v) is 12.4. The van der Waals surface area contributed by atoms with Crippen molar-refractivity contribution in [1.29, 1.82) is 0 Å². The number of rotatable bonds is 4. The Balaban J connectivity index is 2.37. The quantitative estimate of drug-likeness (QED) is 0.849. The molecule has 0 aliphatic heterocycles. The van der Waals surface area contributed by atoms with Crippen molar-refractivity contribution in [2.75, 3.05) is 6.61 Å².